The van der Waals surface area contributed by atoms with Crippen molar-refractivity contribution in [3.8, 4) is 0 Å². The molecule has 2 fully saturated rings. The Bertz CT molecular complexity index is 813. The predicted octanol–water partition coefficient (Wildman–Crippen LogP) is 2.70. The van der Waals surface area contributed by atoms with E-state index in [1.807, 2.05) is 30.3 Å². The third-order valence-corrected chi connectivity index (χ3v) is 7.00. The normalized spacial score (nSPS) is 23.7. The summed E-state index contributed by atoms with van der Waals surface area (Å²) in [6, 6.07) is 13.7. The van der Waals surface area contributed by atoms with Crippen LogP contribution in [0, 0.1) is 0 Å². The summed E-state index contributed by atoms with van der Waals surface area (Å²) in [5, 5.41) is 2.05. The lowest BCUT2D eigenvalue weighted by molar-refractivity contribution is 0.251. The Kier molecular flexibility index (Phi) is 3.87. The summed E-state index contributed by atoms with van der Waals surface area (Å²) < 4.78 is 27.6. The molecule has 0 spiro atoms. The Morgan fingerprint density at radius 3 is 2.43 bits per heavy atom. The van der Waals surface area contributed by atoms with Crippen molar-refractivity contribution in [3.05, 3.63) is 42.5 Å². The Labute approximate surface area is 137 Å². The minimum Gasteiger partial charge on any atom is -0.299 e. The number of fused-ring (bicyclic) bond motifs is 1. The zero-order valence-corrected chi connectivity index (χ0v) is 14.0. The quantitative estimate of drug-likeness (QED) is 0.869. The number of rotatable bonds is 3. The van der Waals surface area contributed by atoms with E-state index in [9.17, 15) is 8.42 Å². The molecule has 1 atom stereocenters. The Hall–Kier alpha value is -1.43. The van der Waals surface area contributed by atoms with Gasteiger partial charge < -0.3 is 0 Å². The van der Waals surface area contributed by atoms with Gasteiger partial charge in [-0.15, -0.1) is 0 Å². The van der Waals surface area contributed by atoms with Crippen LogP contribution < -0.4 is 0 Å². The highest BCUT2D eigenvalue weighted by atomic mass is 32.2. The fourth-order valence-electron chi connectivity index (χ4n) is 3.81. The van der Waals surface area contributed by atoms with Gasteiger partial charge in [-0.3, -0.25) is 4.90 Å². The molecule has 122 valence electrons. The van der Waals surface area contributed by atoms with Crippen molar-refractivity contribution in [2.45, 2.75) is 30.2 Å². The highest BCUT2D eigenvalue weighted by Crippen LogP contribution is 2.27. The number of hydrogen-bond donors (Lipinski definition) is 0. The van der Waals surface area contributed by atoms with Gasteiger partial charge in [0.05, 0.1) is 4.90 Å². The summed E-state index contributed by atoms with van der Waals surface area (Å²) >= 11 is 0. The molecule has 0 N–H and O–H groups in total. The number of sulfonamides is 1. The van der Waals surface area contributed by atoms with Gasteiger partial charge in [0.2, 0.25) is 10.0 Å². The van der Waals surface area contributed by atoms with E-state index in [1.54, 1.807) is 16.4 Å². The van der Waals surface area contributed by atoms with Gasteiger partial charge in [-0.1, -0.05) is 30.3 Å². The molecule has 4 nitrogen and oxygen atoms in total. The maximum Gasteiger partial charge on any atom is 0.243 e. The lowest BCUT2D eigenvalue weighted by Crippen LogP contribution is -2.37. The zero-order valence-electron chi connectivity index (χ0n) is 13.2. The van der Waals surface area contributed by atoms with Crippen LogP contribution in [0.15, 0.2) is 47.4 Å². The summed E-state index contributed by atoms with van der Waals surface area (Å²) in [6.45, 7) is 3.51. The van der Waals surface area contributed by atoms with Gasteiger partial charge in [0.25, 0.3) is 0 Å². The monoisotopic (exact) mass is 330 g/mol. The van der Waals surface area contributed by atoms with E-state index in [0.717, 1.165) is 30.3 Å². The molecule has 4 rings (SSSR count). The first-order valence-corrected chi connectivity index (χ1v) is 9.82. The smallest absolute Gasteiger partial charge is 0.243 e. The second kappa shape index (κ2) is 5.89. The van der Waals surface area contributed by atoms with Crippen molar-refractivity contribution in [3.63, 3.8) is 0 Å². The molecule has 0 radical (unpaired) electrons. The largest absolute Gasteiger partial charge is 0.299 e. The number of nitrogens with zero attached hydrogens (tertiary/aromatic N) is 2. The van der Waals surface area contributed by atoms with E-state index < -0.39 is 10.0 Å². The Morgan fingerprint density at radius 1 is 0.913 bits per heavy atom. The first-order valence-electron chi connectivity index (χ1n) is 8.38. The first kappa shape index (κ1) is 15.1. The molecule has 5 heteroatoms. The van der Waals surface area contributed by atoms with E-state index in [-0.39, 0.29) is 0 Å². The molecule has 23 heavy (non-hydrogen) atoms. The average Bonchev–Trinajstić information content (AvgIpc) is 3.25. The molecule has 0 amide bonds. The molecule has 0 aromatic heterocycles. The number of hydrogen-bond acceptors (Lipinski definition) is 3. The van der Waals surface area contributed by atoms with E-state index in [1.165, 1.54) is 12.8 Å². The van der Waals surface area contributed by atoms with Crippen molar-refractivity contribution in [1.82, 2.24) is 9.21 Å². The first-order chi connectivity index (χ1) is 11.1. The van der Waals surface area contributed by atoms with Gasteiger partial charge in [-0.2, -0.15) is 4.31 Å². The highest BCUT2D eigenvalue weighted by Gasteiger charge is 2.35. The number of likely N-dealkylation sites (tertiary alicyclic amines) is 1. The van der Waals surface area contributed by atoms with Crippen molar-refractivity contribution < 1.29 is 8.42 Å². The van der Waals surface area contributed by atoms with E-state index >= 15 is 0 Å². The van der Waals surface area contributed by atoms with Crippen LogP contribution in [0.5, 0.6) is 0 Å². The molecule has 0 aliphatic carbocycles. The van der Waals surface area contributed by atoms with Gasteiger partial charge >= 0.3 is 0 Å². The fraction of sp³-hybridized carbons (Fsp3) is 0.444. The second-order valence-electron chi connectivity index (χ2n) is 6.56. The molecule has 2 saturated heterocycles. The third-order valence-electron chi connectivity index (χ3n) is 5.14. The van der Waals surface area contributed by atoms with Crippen LogP contribution in [0.1, 0.15) is 19.3 Å². The zero-order chi connectivity index (χ0) is 15.9. The minimum absolute atomic E-state index is 0.396. The fourth-order valence-corrected chi connectivity index (χ4v) is 5.34. The van der Waals surface area contributed by atoms with Crippen LogP contribution in [0.4, 0.5) is 0 Å². The molecule has 2 aliphatic heterocycles. The van der Waals surface area contributed by atoms with Crippen LogP contribution in [0.2, 0.25) is 0 Å². The molecule has 2 aromatic rings. The predicted molar refractivity (Wildman–Crippen MR) is 91.9 cm³/mol. The molecule has 0 saturated carbocycles. The summed E-state index contributed by atoms with van der Waals surface area (Å²) in [7, 11) is -3.39. The summed E-state index contributed by atoms with van der Waals surface area (Å²) in [5.41, 5.74) is 0. The maximum atomic E-state index is 12.9. The molecule has 2 aliphatic rings. The highest BCUT2D eigenvalue weighted by molar-refractivity contribution is 7.89. The van der Waals surface area contributed by atoms with E-state index in [4.69, 9.17) is 0 Å². The summed E-state index contributed by atoms with van der Waals surface area (Å²) in [6.07, 6.45) is 3.44. The lowest BCUT2D eigenvalue weighted by atomic mass is 10.1. The van der Waals surface area contributed by atoms with Crippen LogP contribution in [-0.2, 0) is 10.0 Å². The average molecular weight is 330 g/mol. The van der Waals surface area contributed by atoms with Gasteiger partial charge in [0.15, 0.2) is 0 Å². The maximum absolute atomic E-state index is 12.9. The Morgan fingerprint density at radius 2 is 1.65 bits per heavy atom. The Balaban J connectivity index is 1.59. The van der Waals surface area contributed by atoms with Crippen molar-refractivity contribution >= 4 is 20.8 Å². The minimum atomic E-state index is -3.39. The standard InChI is InChI=1S/C18H22N2O2S/c21-23(22,18-8-7-15-5-1-2-6-16(15)13-18)20-12-9-17(14-20)19-10-3-4-11-19/h1-2,5-8,13,17H,3-4,9-12,14H2. The lowest BCUT2D eigenvalue weighted by Gasteiger charge is -2.23. The van der Waals surface area contributed by atoms with Gasteiger partial charge in [0, 0.05) is 19.1 Å². The van der Waals surface area contributed by atoms with Crippen LogP contribution in [0.25, 0.3) is 10.8 Å². The van der Waals surface area contributed by atoms with Gasteiger partial charge in [-0.05, 0) is 55.3 Å². The molecule has 0 bridgehead atoms. The molecular weight excluding hydrogens is 308 g/mol. The summed E-state index contributed by atoms with van der Waals surface area (Å²) in [5.74, 6) is 0. The van der Waals surface area contributed by atoms with Crippen LogP contribution >= 0.6 is 0 Å². The van der Waals surface area contributed by atoms with Gasteiger partial charge in [-0.25, -0.2) is 8.42 Å². The van der Waals surface area contributed by atoms with E-state index in [0.29, 0.717) is 24.0 Å². The topological polar surface area (TPSA) is 40.6 Å². The second-order valence-corrected chi connectivity index (χ2v) is 8.50. The van der Waals surface area contributed by atoms with Gasteiger partial charge in [0.1, 0.15) is 0 Å². The molecule has 2 heterocycles. The molecule has 1 unspecified atom stereocenters. The summed E-state index contributed by atoms with van der Waals surface area (Å²) in [4.78, 5) is 2.87. The van der Waals surface area contributed by atoms with Crippen LogP contribution in [0.3, 0.4) is 0 Å². The van der Waals surface area contributed by atoms with E-state index in [2.05, 4.69) is 4.90 Å². The third kappa shape index (κ3) is 2.77. The van der Waals surface area contributed by atoms with Crippen molar-refractivity contribution in [2.75, 3.05) is 26.2 Å². The van der Waals surface area contributed by atoms with Crippen molar-refractivity contribution in [1.29, 1.82) is 0 Å². The molecular formula is C18H22N2O2S. The number of benzene rings is 2. The van der Waals surface area contributed by atoms with Crippen molar-refractivity contribution in [2.24, 2.45) is 0 Å². The van der Waals surface area contributed by atoms with Crippen LogP contribution in [-0.4, -0.2) is 49.8 Å². The SMILES string of the molecule is O=S(=O)(c1ccc2ccccc2c1)N1CCC(N2CCCC2)C1. The molecule has 2 aromatic carbocycles.